The maximum absolute atomic E-state index is 10.9. The molecule has 1 heterocycles. The van der Waals surface area contributed by atoms with E-state index >= 15 is 0 Å². The minimum Gasteiger partial charge on any atom is -0.481 e. The van der Waals surface area contributed by atoms with Crippen LogP contribution in [0.3, 0.4) is 0 Å². The van der Waals surface area contributed by atoms with Crippen molar-refractivity contribution in [2.75, 3.05) is 0 Å². The van der Waals surface area contributed by atoms with Gasteiger partial charge in [-0.05, 0) is 47.9 Å². The van der Waals surface area contributed by atoms with Crippen LogP contribution in [-0.2, 0) is 4.79 Å². The van der Waals surface area contributed by atoms with Crippen molar-refractivity contribution in [3.8, 4) is 0 Å². The Kier molecular flexibility index (Phi) is 4.74. The molecule has 5 heteroatoms. The zero-order valence-electron chi connectivity index (χ0n) is 12.2. The average Bonchev–Trinajstić information content (AvgIpc) is 2.95. The molecule has 0 aliphatic rings. The summed E-state index contributed by atoms with van der Waals surface area (Å²) in [5.41, 5.74) is 2.79. The summed E-state index contributed by atoms with van der Waals surface area (Å²) >= 11 is 7.60. The summed E-state index contributed by atoms with van der Waals surface area (Å²) in [4.78, 5) is 15.6. The fourth-order valence-electron chi connectivity index (χ4n) is 2.29. The van der Waals surface area contributed by atoms with Crippen LogP contribution in [0.5, 0.6) is 0 Å². The van der Waals surface area contributed by atoms with Crippen LogP contribution in [0.15, 0.2) is 48.5 Å². The molecule has 0 saturated carbocycles. The Balaban J connectivity index is 2.02. The number of carboxylic acids is 1. The minimum atomic E-state index is -0.817. The van der Waals surface area contributed by atoms with Crippen molar-refractivity contribution in [3.05, 3.63) is 64.1 Å². The number of hydrogen-bond acceptors (Lipinski definition) is 3. The van der Waals surface area contributed by atoms with Crippen LogP contribution in [0.2, 0.25) is 5.02 Å². The van der Waals surface area contributed by atoms with E-state index < -0.39 is 5.97 Å². The second kappa shape index (κ2) is 6.94. The van der Waals surface area contributed by atoms with Crippen LogP contribution >= 0.6 is 22.9 Å². The van der Waals surface area contributed by atoms with Gasteiger partial charge in [0.2, 0.25) is 0 Å². The van der Waals surface area contributed by atoms with Gasteiger partial charge in [-0.15, -0.1) is 11.3 Å². The third-order valence-electron chi connectivity index (χ3n) is 3.37. The number of fused-ring (bicyclic) bond motifs is 1. The number of nitrogens with zero attached hydrogens (tertiary/aromatic N) is 1. The van der Waals surface area contributed by atoms with Gasteiger partial charge in [-0.2, -0.15) is 0 Å². The molecule has 3 nitrogen and oxygen atoms in total. The molecule has 0 radical (unpaired) electrons. The Hall–Kier alpha value is -2.17. The van der Waals surface area contributed by atoms with Gasteiger partial charge in [0.05, 0.1) is 10.2 Å². The third-order valence-corrected chi connectivity index (χ3v) is 4.71. The Morgan fingerprint density at radius 2 is 2.00 bits per heavy atom. The second-order valence-electron chi connectivity index (χ2n) is 5.11. The van der Waals surface area contributed by atoms with Gasteiger partial charge in [-0.1, -0.05) is 35.9 Å². The van der Waals surface area contributed by atoms with Gasteiger partial charge in [-0.3, -0.25) is 4.79 Å². The maximum atomic E-state index is 10.9. The van der Waals surface area contributed by atoms with Crippen LogP contribution in [0.4, 0.5) is 0 Å². The molecular formula is C18H14ClNO2S. The predicted octanol–water partition coefficient (Wildman–Crippen LogP) is 5.36. The van der Waals surface area contributed by atoms with Crippen molar-refractivity contribution < 1.29 is 9.90 Å². The summed E-state index contributed by atoms with van der Waals surface area (Å²) in [5, 5.41) is 10.5. The Morgan fingerprint density at radius 1 is 1.17 bits per heavy atom. The zero-order chi connectivity index (χ0) is 16.2. The van der Waals surface area contributed by atoms with Gasteiger partial charge in [0.15, 0.2) is 0 Å². The van der Waals surface area contributed by atoms with E-state index in [0.717, 1.165) is 26.4 Å². The molecule has 116 valence electrons. The molecule has 3 aromatic rings. The highest BCUT2D eigenvalue weighted by molar-refractivity contribution is 7.19. The Bertz CT molecular complexity index is 852. The van der Waals surface area contributed by atoms with Gasteiger partial charge in [0, 0.05) is 11.4 Å². The molecule has 0 fully saturated rings. The standard InChI is InChI=1S/C18H14ClNO2S/c19-14-5-3-4-12(11-14)10-13(8-9-17(21)22)18-20-15-6-1-2-7-16(15)23-18/h1-7,10-11H,8-9H2,(H,21,22)/b13-10+. The molecule has 1 aromatic heterocycles. The number of halogens is 1. The first-order valence-corrected chi connectivity index (χ1v) is 8.35. The first-order valence-electron chi connectivity index (χ1n) is 7.16. The van der Waals surface area contributed by atoms with Crippen molar-refractivity contribution in [3.63, 3.8) is 0 Å². The molecule has 0 bridgehead atoms. The third kappa shape index (κ3) is 3.97. The number of carbonyl (C=O) groups is 1. The number of thiazole rings is 1. The number of allylic oxidation sites excluding steroid dienone is 1. The molecule has 2 aromatic carbocycles. The van der Waals surface area contributed by atoms with Crippen LogP contribution in [0.25, 0.3) is 21.9 Å². The van der Waals surface area contributed by atoms with E-state index in [2.05, 4.69) is 4.98 Å². The van der Waals surface area contributed by atoms with Crippen molar-refractivity contribution in [1.29, 1.82) is 0 Å². The summed E-state index contributed by atoms with van der Waals surface area (Å²) in [6.07, 6.45) is 2.47. The lowest BCUT2D eigenvalue weighted by atomic mass is 10.1. The lowest BCUT2D eigenvalue weighted by molar-refractivity contribution is -0.136. The molecule has 23 heavy (non-hydrogen) atoms. The molecule has 0 spiro atoms. The van der Waals surface area contributed by atoms with Crippen LogP contribution < -0.4 is 0 Å². The van der Waals surface area contributed by atoms with E-state index in [1.807, 2.05) is 54.6 Å². The van der Waals surface area contributed by atoms with E-state index in [0.29, 0.717) is 11.4 Å². The van der Waals surface area contributed by atoms with Crippen molar-refractivity contribution in [2.45, 2.75) is 12.8 Å². The van der Waals surface area contributed by atoms with E-state index in [1.54, 1.807) is 11.3 Å². The number of hydrogen-bond donors (Lipinski definition) is 1. The second-order valence-corrected chi connectivity index (χ2v) is 6.57. The maximum Gasteiger partial charge on any atom is 0.303 e. The monoisotopic (exact) mass is 343 g/mol. The van der Waals surface area contributed by atoms with E-state index in [-0.39, 0.29) is 6.42 Å². The summed E-state index contributed by atoms with van der Waals surface area (Å²) in [7, 11) is 0. The lowest BCUT2D eigenvalue weighted by Gasteiger charge is -2.03. The SMILES string of the molecule is O=C(O)CC/C(=C\c1cccc(Cl)c1)c1nc2ccccc2s1. The molecule has 0 aliphatic heterocycles. The molecule has 0 atom stereocenters. The number of carboxylic acid groups (broad SMARTS) is 1. The highest BCUT2D eigenvalue weighted by Gasteiger charge is 2.11. The van der Waals surface area contributed by atoms with Gasteiger partial charge < -0.3 is 5.11 Å². The topological polar surface area (TPSA) is 50.2 Å². The highest BCUT2D eigenvalue weighted by atomic mass is 35.5. The average molecular weight is 344 g/mol. The van der Waals surface area contributed by atoms with Crippen LogP contribution in [-0.4, -0.2) is 16.1 Å². The van der Waals surface area contributed by atoms with Gasteiger partial charge >= 0.3 is 5.97 Å². The summed E-state index contributed by atoms with van der Waals surface area (Å²) < 4.78 is 1.09. The molecule has 0 unspecified atom stereocenters. The Morgan fingerprint density at radius 3 is 2.74 bits per heavy atom. The number of aliphatic carboxylic acids is 1. The predicted molar refractivity (Wildman–Crippen MR) is 95.8 cm³/mol. The van der Waals surface area contributed by atoms with Crippen molar-refractivity contribution in [1.82, 2.24) is 4.98 Å². The first-order chi connectivity index (χ1) is 11.1. The summed E-state index contributed by atoms with van der Waals surface area (Å²) in [6.45, 7) is 0. The quantitative estimate of drug-likeness (QED) is 0.678. The van der Waals surface area contributed by atoms with E-state index in [1.165, 1.54) is 0 Å². The minimum absolute atomic E-state index is 0.0718. The van der Waals surface area contributed by atoms with Crippen LogP contribution in [0.1, 0.15) is 23.4 Å². The van der Waals surface area contributed by atoms with Crippen LogP contribution in [0, 0.1) is 0 Å². The highest BCUT2D eigenvalue weighted by Crippen LogP contribution is 2.31. The van der Waals surface area contributed by atoms with E-state index in [9.17, 15) is 4.79 Å². The molecule has 0 saturated heterocycles. The molecular weight excluding hydrogens is 330 g/mol. The zero-order valence-corrected chi connectivity index (χ0v) is 13.8. The molecule has 0 amide bonds. The van der Waals surface area contributed by atoms with E-state index in [4.69, 9.17) is 16.7 Å². The first kappa shape index (κ1) is 15.7. The summed E-state index contributed by atoms with van der Waals surface area (Å²) in [5.74, 6) is -0.817. The molecule has 1 N–H and O–H groups in total. The number of para-hydroxylation sites is 1. The fraction of sp³-hybridized carbons (Fsp3) is 0.111. The van der Waals surface area contributed by atoms with Gasteiger partial charge in [0.25, 0.3) is 0 Å². The number of aromatic nitrogens is 1. The number of rotatable bonds is 5. The normalized spacial score (nSPS) is 11.8. The smallest absolute Gasteiger partial charge is 0.303 e. The molecule has 0 aliphatic carbocycles. The largest absolute Gasteiger partial charge is 0.481 e. The van der Waals surface area contributed by atoms with Gasteiger partial charge in [0.1, 0.15) is 5.01 Å². The molecule has 3 rings (SSSR count). The Labute approximate surface area is 142 Å². The van der Waals surface area contributed by atoms with Gasteiger partial charge in [-0.25, -0.2) is 4.98 Å². The summed E-state index contributed by atoms with van der Waals surface area (Å²) in [6, 6.07) is 15.4. The van der Waals surface area contributed by atoms with Crippen molar-refractivity contribution >= 4 is 50.8 Å². The number of benzene rings is 2. The fourth-order valence-corrected chi connectivity index (χ4v) is 3.50. The van der Waals surface area contributed by atoms with Crippen molar-refractivity contribution in [2.24, 2.45) is 0 Å². The lowest BCUT2D eigenvalue weighted by Crippen LogP contribution is -1.95.